The molecule has 0 saturated carbocycles. The summed E-state index contributed by atoms with van der Waals surface area (Å²) in [4.78, 5) is 23.0. The van der Waals surface area contributed by atoms with Crippen LogP contribution >= 0.6 is 23.2 Å². The summed E-state index contributed by atoms with van der Waals surface area (Å²) in [6.45, 7) is -0.675. The van der Waals surface area contributed by atoms with Crippen molar-refractivity contribution in [2.75, 3.05) is 10.8 Å². The van der Waals surface area contributed by atoms with Crippen molar-refractivity contribution in [1.82, 2.24) is 5.43 Å². The number of para-hydroxylation sites is 1. The average Bonchev–Trinajstić information content (AvgIpc) is 2.80. The molecular weight excluding hydrogens is 491 g/mol. The first kappa shape index (κ1) is 24.2. The summed E-state index contributed by atoms with van der Waals surface area (Å²) in [6, 6.07) is 17.7. The predicted octanol–water partition coefficient (Wildman–Crippen LogP) is 4.25. The molecule has 0 radical (unpaired) electrons. The number of hydrogen-bond acceptors (Lipinski definition) is 6. The molecule has 0 atom stereocenters. The molecule has 12 heteroatoms. The number of rotatable bonds is 8. The Labute approximate surface area is 199 Å². The summed E-state index contributed by atoms with van der Waals surface area (Å²) < 4.78 is 27.4. The highest BCUT2D eigenvalue weighted by Gasteiger charge is 2.29. The molecule has 0 aliphatic heterocycles. The van der Waals surface area contributed by atoms with Crippen LogP contribution in [0.2, 0.25) is 10.0 Å². The number of benzene rings is 3. The van der Waals surface area contributed by atoms with Gasteiger partial charge < -0.3 is 0 Å². The highest BCUT2D eigenvalue weighted by molar-refractivity contribution is 7.92. The van der Waals surface area contributed by atoms with Gasteiger partial charge in [-0.3, -0.25) is 19.2 Å². The zero-order valence-corrected chi connectivity index (χ0v) is 19.1. The van der Waals surface area contributed by atoms with Crippen LogP contribution in [0.5, 0.6) is 0 Å². The van der Waals surface area contributed by atoms with Crippen molar-refractivity contribution < 1.29 is 18.1 Å². The van der Waals surface area contributed by atoms with Crippen molar-refractivity contribution in [1.29, 1.82) is 0 Å². The van der Waals surface area contributed by atoms with Crippen LogP contribution in [0.3, 0.4) is 0 Å². The number of anilines is 1. The maximum absolute atomic E-state index is 13.3. The van der Waals surface area contributed by atoms with E-state index in [0.717, 1.165) is 10.5 Å². The third-order valence-corrected chi connectivity index (χ3v) is 6.93. The lowest BCUT2D eigenvalue weighted by Gasteiger charge is -2.24. The smallest absolute Gasteiger partial charge is 0.271 e. The zero-order valence-electron chi connectivity index (χ0n) is 16.8. The number of carbonyl (C=O) groups excluding carboxylic acids is 1. The van der Waals surface area contributed by atoms with Crippen molar-refractivity contribution in [2.24, 2.45) is 5.10 Å². The van der Waals surface area contributed by atoms with Crippen molar-refractivity contribution in [3.05, 3.63) is 98.5 Å². The number of hydrogen-bond donors (Lipinski definition) is 1. The number of nitro benzene ring substituents is 1. The van der Waals surface area contributed by atoms with Gasteiger partial charge in [0.15, 0.2) is 0 Å². The molecular formula is C21H16Cl2N4O5S. The topological polar surface area (TPSA) is 122 Å². The van der Waals surface area contributed by atoms with E-state index in [4.69, 9.17) is 23.2 Å². The second-order valence-corrected chi connectivity index (χ2v) is 9.15. The van der Waals surface area contributed by atoms with E-state index >= 15 is 0 Å². The molecule has 0 bridgehead atoms. The Bertz CT molecular complexity index is 1320. The quantitative estimate of drug-likeness (QED) is 0.278. The lowest BCUT2D eigenvalue weighted by molar-refractivity contribution is -0.385. The van der Waals surface area contributed by atoms with E-state index < -0.39 is 27.4 Å². The van der Waals surface area contributed by atoms with Gasteiger partial charge in [-0.05, 0) is 30.3 Å². The van der Waals surface area contributed by atoms with Crippen molar-refractivity contribution in [3.63, 3.8) is 0 Å². The van der Waals surface area contributed by atoms with E-state index in [2.05, 4.69) is 10.5 Å². The van der Waals surface area contributed by atoms with Crippen LogP contribution in [0.25, 0.3) is 0 Å². The Hall–Kier alpha value is -3.47. The first-order valence-electron chi connectivity index (χ1n) is 9.29. The molecule has 0 spiro atoms. The third kappa shape index (κ3) is 5.67. The maximum Gasteiger partial charge on any atom is 0.278 e. The fourth-order valence-corrected chi connectivity index (χ4v) is 4.71. The first-order valence-corrected chi connectivity index (χ1v) is 11.5. The summed E-state index contributed by atoms with van der Waals surface area (Å²) in [6.07, 6.45) is 1.10. The number of nitrogens with zero attached hydrogens (tertiary/aromatic N) is 3. The minimum absolute atomic E-state index is 0.00541. The van der Waals surface area contributed by atoms with Crippen LogP contribution in [0, 0.1) is 10.1 Å². The molecule has 1 N–H and O–H groups in total. The first-order chi connectivity index (χ1) is 15.7. The van der Waals surface area contributed by atoms with Gasteiger partial charge in [0.25, 0.3) is 21.6 Å². The molecule has 0 unspecified atom stereocenters. The highest BCUT2D eigenvalue weighted by atomic mass is 35.5. The fourth-order valence-electron chi connectivity index (χ4n) is 2.81. The molecule has 170 valence electrons. The Balaban J connectivity index is 1.89. The summed E-state index contributed by atoms with van der Waals surface area (Å²) in [5, 5.41) is 14.9. The number of halogens is 2. The highest BCUT2D eigenvalue weighted by Crippen LogP contribution is 2.35. The largest absolute Gasteiger partial charge is 0.278 e. The number of carbonyl (C=O) groups is 1. The number of nitro groups is 1. The fraction of sp³-hybridized carbons (Fsp3) is 0.0476. The molecule has 0 aliphatic rings. The summed E-state index contributed by atoms with van der Waals surface area (Å²) in [5.74, 6) is -0.805. The van der Waals surface area contributed by atoms with Gasteiger partial charge in [-0.1, -0.05) is 59.6 Å². The van der Waals surface area contributed by atoms with E-state index in [0.29, 0.717) is 0 Å². The Kier molecular flexibility index (Phi) is 7.64. The lowest BCUT2D eigenvalue weighted by Crippen LogP contribution is -2.39. The number of amides is 1. The van der Waals surface area contributed by atoms with Gasteiger partial charge in [0.2, 0.25) is 0 Å². The number of hydrazone groups is 1. The van der Waals surface area contributed by atoms with Crippen LogP contribution in [0.15, 0.2) is 82.8 Å². The zero-order chi connectivity index (χ0) is 24.0. The maximum atomic E-state index is 13.3. The molecule has 0 heterocycles. The van der Waals surface area contributed by atoms with Gasteiger partial charge in [0, 0.05) is 6.07 Å². The Morgan fingerprint density at radius 1 is 1.03 bits per heavy atom. The minimum Gasteiger partial charge on any atom is -0.271 e. The van der Waals surface area contributed by atoms with E-state index in [1.165, 1.54) is 48.5 Å². The lowest BCUT2D eigenvalue weighted by atomic mass is 10.2. The van der Waals surface area contributed by atoms with Gasteiger partial charge >= 0.3 is 0 Å². The standard InChI is InChI=1S/C21H16Cl2N4O5S/c22-17-10-6-12-19(21(17)23)26(33(31,32)16-8-2-1-3-9-16)14-20(28)25-24-13-15-7-4-5-11-18(15)27(29)30/h1-13H,14H2,(H,25,28)/b24-13+. The third-order valence-electron chi connectivity index (χ3n) is 4.34. The Morgan fingerprint density at radius 3 is 2.39 bits per heavy atom. The summed E-state index contributed by atoms with van der Waals surface area (Å²) >= 11 is 12.3. The molecule has 3 rings (SSSR count). The van der Waals surface area contributed by atoms with E-state index in [-0.39, 0.29) is 31.9 Å². The summed E-state index contributed by atoms with van der Waals surface area (Å²) in [7, 11) is -4.20. The van der Waals surface area contributed by atoms with Crippen LogP contribution < -0.4 is 9.73 Å². The molecule has 3 aromatic rings. The Morgan fingerprint density at radius 2 is 1.70 bits per heavy atom. The van der Waals surface area contributed by atoms with Crippen LogP contribution in [-0.2, 0) is 14.8 Å². The minimum atomic E-state index is -4.20. The molecule has 0 aromatic heterocycles. The van der Waals surface area contributed by atoms with E-state index in [1.54, 1.807) is 24.3 Å². The van der Waals surface area contributed by atoms with Crippen LogP contribution in [0.4, 0.5) is 11.4 Å². The van der Waals surface area contributed by atoms with Crippen molar-refractivity contribution >= 4 is 56.7 Å². The predicted molar refractivity (Wildman–Crippen MR) is 126 cm³/mol. The SMILES string of the molecule is O=C(CN(c1cccc(Cl)c1Cl)S(=O)(=O)c1ccccc1)N/N=C/c1ccccc1[N+](=O)[O-]. The molecule has 0 aliphatic carbocycles. The van der Waals surface area contributed by atoms with Gasteiger partial charge in [-0.25, -0.2) is 13.8 Å². The molecule has 0 saturated heterocycles. The van der Waals surface area contributed by atoms with Gasteiger partial charge in [0.1, 0.15) is 6.54 Å². The molecule has 1 amide bonds. The second kappa shape index (κ2) is 10.4. The molecule has 0 fully saturated rings. The normalized spacial score (nSPS) is 11.3. The molecule has 9 nitrogen and oxygen atoms in total. The molecule has 3 aromatic carbocycles. The number of nitrogens with one attached hydrogen (secondary N) is 1. The van der Waals surface area contributed by atoms with Gasteiger partial charge in [-0.15, -0.1) is 0 Å². The summed E-state index contributed by atoms with van der Waals surface area (Å²) in [5.41, 5.74) is 2.15. The number of sulfonamides is 1. The van der Waals surface area contributed by atoms with E-state index in [9.17, 15) is 23.3 Å². The van der Waals surface area contributed by atoms with Crippen LogP contribution in [0.1, 0.15) is 5.56 Å². The van der Waals surface area contributed by atoms with Crippen LogP contribution in [-0.4, -0.2) is 32.0 Å². The van der Waals surface area contributed by atoms with E-state index in [1.807, 2.05) is 0 Å². The van der Waals surface area contributed by atoms with Crippen molar-refractivity contribution in [2.45, 2.75) is 4.90 Å². The second-order valence-electron chi connectivity index (χ2n) is 6.51. The van der Waals surface area contributed by atoms with Crippen molar-refractivity contribution in [3.8, 4) is 0 Å². The molecule has 33 heavy (non-hydrogen) atoms. The monoisotopic (exact) mass is 506 g/mol. The average molecular weight is 507 g/mol. The van der Waals surface area contributed by atoms with Gasteiger partial charge in [0.05, 0.1) is 37.3 Å². The van der Waals surface area contributed by atoms with Gasteiger partial charge in [-0.2, -0.15) is 5.10 Å².